The summed E-state index contributed by atoms with van der Waals surface area (Å²) in [7, 11) is 1.75. The fourth-order valence-electron chi connectivity index (χ4n) is 5.07. The van der Waals surface area contributed by atoms with Crippen LogP contribution in [0.5, 0.6) is 5.75 Å². The van der Waals surface area contributed by atoms with Crippen LogP contribution in [0.4, 0.5) is 0 Å². The summed E-state index contributed by atoms with van der Waals surface area (Å²) in [6, 6.07) is 18.2. The Morgan fingerprint density at radius 2 is 2.00 bits per heavy atom. The van der Waals surface area contributed by atoms with E-state index in [-0.39, 0.29) is 0 Å². The van der Waals surface area contributed by atoms with Crippen LogP contribution in [0, 0.1) is 0 Å². The number of hydrogen-bond acceptors (Lipinski definition) is 3. The van der Waals surface area contributed by atoms with E-state index in [1.807, 2.05) is 0 Å². The molecule has 3 heteroatoms. The maximum Gasteiger partial charge on any atom is 0.119 e. The van der Waals surface area contributed by atoms with Gasteiger partial charge in [0.15, 0.2) is 0 Å². The van der Waals surface area contributed by atoms with Crippen LogP contribution in [0.2, 0.25) is 0 Å². The molecule has 0 unspecified atom stereocenters. The van der Waals surface area contributed by atoms with Crippen molar-refractivity contribution in [1.29, 1.82) is 0 Å². The highest BCUT2D eigenvalue weighted by atomic mass is 16.5. The molecule has 0 amide bonds. The second-order valence-corrected chi connectivity index (χ2v) is 7.98. The van der Waals surface area contributed by atoms with Crippen molar-refractivity contribution < 1.29 is 9.47 Å². The molecule has 0 saturated carbocycles. The number of hydrogen-bond donors (Lipinski definition) is 0. The van der Waals surface area contributed by atoms with Crippen LogP contribution in [0.1, 0.15) is 36.0 Å². The van der Waals surface area contributed by atoms with E-state index in [0.29, 0.717) is 18.2 Å². The molecule has 3 nitrogen and oxygen atoms in total. The van der Waals surface area contributed by atoms with Crippen LogP contribution in [0.15, 0.2) is 54.6 Å². The maximum atomic E-state index is 6.28. The third-order valence-electron chi connectivity index (χ3n) is 6.43. The van der Waals surface area contributed by atoms with Gasteiger partial charge in [-0.3, -0.25) is 4.90 Å². The molecule has 1 saturated heterocycles. The highest BCUT2D eigenvalue weighted by Gasteiger charge is 2.41. The molecule has 27 heavy (non-hydrogen) atoms. The highest BCUT2D eigenvalue weighted by molar-refractivity contribution is 5.75. The topological polar surface area (TPSA) is 21.7 Å². The predicted molar refractivity (Wildman–Crippen MR) is 108 cm³/mol. The molecular weight excluding hydrogens is 334 g/mol. The number of fused-ring (bicyclic) bond motifs is 5. The maximum absolute atomic E-state index is 6.28. The zero-order valence-electron chi connectivity index (χ0n) is 15.9. The van der Waals surface area contributed by atoms with Crippen molar-refractivity contribution >= 4 is 5.57 Å². The molecule has 1 fully saturated rings. The smallest absolute Gasteiger partial charge is 0.119 e. The summed E-state index contributed by atoms with van der Waals surface area (Å²) in [6.45, 7) is 1.77. The van der Waals surface area contributed by atoms with Gasteiger partial charge in [-0.25, -0.2) is 0 Å². The summed E-state index contributed by atoms with van der Waals surface area (Å²) >= 11 is 0. The first-order valence-electron chi connectivity index (χ1n) is 10.1. The Morgan fingerprint density at radius 1 is 1.11 bits per heavy atom. The van der Waals surface area contributed by atoms with Gasteiger partial charge in [-0.05, 0) is 60.1 Å². The fraction of sp³-hybridized carbons (Fsp3) is 0.417. The number of benzene rings is 2. The quantitative estimate of drug-likeness (QED) is 0.803. The minimum absolute atomic E-state index is 0.342. The van der Waals surface area contributed by atoms with Gasteiger partial charge in [0.1, 0.15) is 5.75 Å². The molecule has 0 radical (unpaired) electrons. The van der Waals surface area contributed by atoms with Gasteiger partial charge < -0.3 is 9.47 Å². The SMILES string of the molecule is COc1ccc2c(c1)C1=CC[C@@H]3C[C@@H](OCc4ccccc4)CN3[C@H]1CC2. The van der Waals surface area contributed by atoms with Crippen LogP contribution in [0.3, 0.4) is 0 Å². The first-order valence-corrected chi connectivity index (χ1v) is 10.1. The van der Waals surface area contributed by atoms with E-state index >= 15 is 0 Å². The minimum Gasteiger partial charge on any atom is -0.497 e. The number of methoxy groups -OCH3 is 1. The van der Waals surface area contributed by atoms with Crippen LogP contribution in [0.25, 0.3) is 5.57 Å². The van der Waals surface area contributed by atoms with Crippen molar-refractivity contribution in [3.8, 4) is 5.75 Å². The van der Waals surface area contributed by atoms with Crippen molar-refractivity contribution in [2.24, 2.45) is 0 Å². The Bertz CT molecular complexity index is 845. The Morgan fingerprint density at radius 3 is 2.85 bits per heavy atom. The summed E-state index contributed by atoms with van der Waals surface area (Å²) in [5, 5.41) is 0. The second-order valence-electron chi connectivity index (χ2n) is 7.98. The van der Waals surface area contributed by atoms with Crippen LogP contribution in [-0.2, 0) is 17.8 Å². The molecule has 5 rings (SSSR count). The Balaban J connectivity index is 1.31. The summed E-state index contributed by atoms with van der Waals surface area (Å²) in [4.78, 5) is 2.72. The predicted octanol–water partition coefficient (Wildman–Crippen LogP) is 4.46. The van der Waals surface area contributed by atoms with E-state index < -0.39 is 0 Å². The molecule has 1 aliphatic carbocycles. The van der Waals surface area contributed by atoms with E-state index in [4.69, 9.17) is 9.47 Å². The number of nitrogens with zero attached hydrogens (tertiary/aromatic N) is 1. The lowest BCUT2D eigenvalue weighted by molar-refractivity contribution is 0.0447. The van der Waals surface area contributed by atoms with Gasteiger partial charge in [0.2, 0.25) is 0 Å². The van der Waals surface area contributed by atoms with Crippen molar-refractivity contribution in [3.63, 3.8) is 0 Å². The first-order chi connectivity index (χ1) is 13.3. The molecule has 2 aromatic rings. The normalized spacial score (nSPS) is 26.7. The fourth-order valence-corrected chi connectivity index (χ4v) is 5.07. The largest absolute Gasteiger partial charge is 0.497 e. The average Bonchev–Trinajstić information content (AvgIpc) is 3.16. The van der Waals surface area contributed by atoms with Crippen molar-refractivity contribution in [1.82, 2.24) is 4.90 Å². The molecule has 3 atom stereocenters. The van der Waals surface area contributed by atoms with Gasteiger partial charge >= 0.3 is 0 Å². The van der Waals surface area contributed by atoms with E-state index in [1.54, 1.807) is 7.11 Å². The van der Waals surface area contributed by atoms with Gasteiger partial charge in [0, 0.05) is 18.6 Å². The van der Waals surface area contributed by atoms with Crippen molar-refractivity contribution in [2.45, 2.75) is 50.5 Å². The van der Waals surface area contributed by atoms with Gasteiger partial charge in [-0.15, -0.1) is 0 Å². The van der Waals surface area contributed by atoms with E-state index in [0.717, 1.165) is 38.2 Å². The standard InChI is InChI=1S/C24H27NO2/c1-26-20-10-7-18-8-12-24-22(23(18)14-20)11-9-19-13-21(15-25(19)24)27-16-17-5-3-2-4-6-17/h2-7,10-11,14,19,21,24H,8-9,12-13,15-16H2,1H3/t19-,21-,24+/m1/s1. The molecule has 2 aromatic carbocycles. The van der Waals surface area contributed by atoms with E-state index in [1.165, 1.54) is 28.7 Å². The van der Waals surface area contributed by atoms with Crippen molar-refractivity contribution in [2.75, 3.05) is 13.7 Å². The Labute approximate surface area is 161 Å². The van der Waals surface area contributed by atoms with E-state index in [2.05, 4.69) is 59.5 Å². The number of ether oxygens (including phenoxy) is 2. The lowest BCUT2D eigenvalue weighted by Crippen LogP contribution is -2.44. The average molecular weight is 361 g/mol. The van der Waals surface area contributed by atoms with Crippen LogP contribution < -0.4 is 4.74 Å². The summed E-state index contributed by atoms with van der Waals surface area (Å²) in [6.07, 6.45) is 7.48. The molecule has 140 valence electrons. The molecular formula is C24H27NO2. The number of rotatable bonds is 4. The van der Waals surface area contributed by atoms with Crippen molar-refractivity contribution in [3.05, 3.63) is 71.3 Å². The molecule has 2 heterocycles. The van der Waals surface area contributed by atoms with Gasteiger partial charge in [0.25, 0.3) is 0 Å². The van der Waals surface area contributed by atoms with Crippen LogP contribution in [-0.4, -0.2) is 36.7 Å². The summed E-state index contributed by atoms with van der Waals surface area (Å²) < 4.78 is 11.8. The first kappa shape index (κ1) is 17.0. The zero-order valence-corrected chi connectivity index (χ0v) is 15.9. The Hall–Kier alpha value is -2.10. The highest BCUT2D eigenvalue weighted by Crippen LogP contribution is 2.43. The lowest BCUT2D eigenvalue weighted by Gasteiger charge is -2.41. The molecule has 0 spiro atoms. The zero-order chi connectivity index (χ0) is 18.2. The van der Waals surface area contributed by atoms with Gasteiger partial charge in [-0.1, -0.05) is 42.5 Å². The van der Waals surface area contributed by atoms with E-state index in [9.17, 15) is 0 Å². The van der Waals surface area contributed by atoms with Gasteiger partial charge in [0.05, 0.1) is 19.8 Å². The minimum atomic E-state index is 0.342. The summed E-state index contributed by atoms with van der Waals surface area (Å²) in [5.74, 6) is 0.961. The summed E-state index contributed by atoms with van der Waals surface area (Å²) in [5.41, 5.74) is 5.64. The molecule has 3 aliphatic rings. The third kappa shape index (κ3) is 3.19. The molecule has 0 bridgehead atoms. The molecule has 2 aliphatic heterocycles. The Kier molecular flexibility index (Phi) is 4.50. The van der Waals surface area contributed by atoms with Gasteiger partial charge in [-0.2, -0.15) is 0 Å². The van der Waals surface area contributed by atoms with Crippen LogP contribution >= 0.6 is 0 Å². The second kappa shape index (κ2) is 7.14. The number of aryl methyl sites for hydroxylation is 1. The molecule has 0 aromatic heterocycles. The monoisotopic (exact) mass is 361 g/mol. The lowest BCUT2D eigenvalue weighted by atomic mass is 9.80. The third-order valence-corrected chi connectivity index (χ3v) is 6.43. The molecule has 0 N–H and O–H groups in total.